The van der Waals surface area contributed by atoms with Gasteiger partial charge in [-0.15, -0.1) is 0 Å². The Labute approximate surface area is 154 Å². The standard InChI is InChI=1S/C24H33N/c1-3-5-10-20-25(21-11-6-4-2)24-18-16-23(17-19-24)15-14-22-12-8-7-9-13-22/h7-9,12-19H,3-6,10-11,20-21H2,1-2H3/b15-14+. The van der Waals surface area contributed by atoms with Crippen LogP contribution in [0.1, 0.15) is 63.5 Å². The van der Waals surface area contributed by atoms with Crippen LogP contribution >= 0.6 is 0 Å². The van der Waals surface area contributed by atoms with Gasteiger partial charge in [0, 0.05) is 18.8 Å². The lowest BCUT2D eigenvalue weighted by atomic mass is 10.1. The molecule has 0 heterocycles. The van der Waals surface area contributed by atoms with Crippen LogP contribution in [0.4, 0.5) is 5.69 Å². The van der Waals surface area contributed by atoms with Crippen molar-refractivity contribution in [3.63, 3.8) is 0 Å². The molecule has 0 amide bonds. The predicted molar refractivity (Wildman–Crippen MR) is 113 cm³/mol. The van der Waals surface area contributed by atoms with E-state index in [-0.39, 0.29) is 0 Å². The number of unbranched alkanes of at least 4 members (excludes halogenated alkanes) is 4. The average molecular weight is 336 g/mol. The molecule has 0 aliphatic carbocycles. The van der Waals surface area contributed by atoms with Gasteiger partial charge in [-0.3, -0.25) is 0 Å². The van der Waals surface area contributed by atoms with Crippen molar-refractivity contribution in [1.82, 2.24) is 0 Å². The Kier molecular flexibility index (Phi) is 8.90. The molecule has 0 aliphatic heterocycles. The van der Waals surface area contributed by atoms with E-state index in [2.05, 4.69) is 85.5 Å². The summed E-state index contributed by atoms with van der Waals surface area (Å²) < 4.78 is 0. The van der Waals surface area contributed by atoms with Gasteiger partial charge in [-0.05, 0) is 36.1 Å². The van der Waals surface area contributed by atoms with E-state index < -0.39 is 0 Å². The van der Waals surface area contributed by atoms with E-state index in [4.69, 9.17) is 0 Å². The first-order valence-electron chi connectivity index (χ1n) is 9.91. The second kappa shape index (κ2) is 11.5. The van der Waals surface area contributed by atoms with E-state index in [1.165, 1.54) is 68.4 Å². The van der Waals surface area contributed by atoms with E-state index in [1.54, 1.807) is 0 Å². The fourth-order valence-electron chi connectivity index (χ4n) is 3.03. The maximum atomic E-state index is 2.57. The average Bonchev–Trinajstić information content (AvgIpc) is 2.67. The molecule has 0 unspecified atom stereocenters. The minimum atomic E-state index is 1.18. The second-order valence-corrected chi connectivity index (χ2v) is 6.74. The zero-order chi connectivity index (χ0) is 17.7. The molecule has 25 heavy (non-hydrogen) atoms. The van der Waals surface area contributed by atoms with E-state index in [1.807, 2.05) is 0 Å². The van der Waals surface area contributed by atoms with Gasteiger partial charge in [0.1, 0.15) is 0 Å². The van der Waals surface area contributed by atoms with Crippen molar-refractivity contribution in [3.8, 4) is 0 Å². The lowest BCUT2D eigenvalue weighted by Gasteiger charge is -2.25. The molecule has 2 rings (SSSR count). The summed E-state index contributed by atoms with van der Waals surface area (Å²) in [5.41, 5.74) is 3.87. The summed E-state index contributed by atoms with van der Waals surface area (Å²) in [4.78, 5) is 2.57. The summed E-state index contributed by atoms with van der Waals surface area (Å²) in [5, 5.41) is 0. The summed E-state index contributed by atoms with van der Waals surface area (Å²) in [7, 11) is 0. The molecular weight excluding hydrogens is 302 g/mol. The Morgan fingerprint density at radius 3 is 1.68 bits per heavy atom. The van der Waals surface area contributed by atoms with Crippen molar-refractivity contribution in [2.75, 3.05) is 18.0 Å². The molecule has 2 aromatic rings. The third-order valence-electron chi connectivity index (χ3n) is 4.59. The quantitative estimate of drug-likeness (QED) is 0.314. The van der Waals surface area contributed by atoms with E-state index in [0.717, 1.165) is 0 Å². The summed E-state index contributed by atoms with van der Waals surface area (Å²) in [6.07, 6.45) is 12.2. The van der Waals surface area contributed by atoms with Gasteiger partial charge in [-0.2, -0.15) is 0 Å². The molecule has 0 aliphatic rings. The molecule has 0 saturated carbocycles. The van der Waals surface area contributed by atoms with Gasteiger partial charge in [-0.1, -0.05) is 94.1 Å². The van der Waals surface area contributed by atoms with Gasteiger partial charge in [0.15, 0.2) is 0 Å². The monoisotopic (exact) mass is 335 g/mol. The number of nitrogens with zero attached hydrogens (tertiary/aromatic N) is 1. The molecule has 0 atom stereocenters. The predicted octanol–water partition coefficient (Wildman–Crippen LogP) is 7.04. The lowest BCUT2D eigenvalue weighted by Crippen LogP contribution is -2.25. The van der Waals surface area contributed by atoms with Crippen LogP contribution in [0, 0.1) is 0 Å². The molecule has 0 aromatic heterocycles. The van der Waals surface area contributed by atoms with Crippen LogP contribution in [0.3, 0.4) is 0 Å². The van der Waals surface area contributed by atoms with E-state index >= 15 is 0 Å². The van der Waals surface area contributed by atoms with Crippen molar-refractivity contribution in [1.29, 1.82) is 0 Å². The van der Waals surface area contributed by atoms with Crippen molar-refractivity contribution < 1.29 is 0 Å². The number of rotatable bonds is 11. The normalized spacial score (nSPS) is 11.1. The summed E-state index contributed by atoms with van der Waals surface area (Å²) in [5.74, 6) is 0. The van der Waals surface area contributed by atoms with Crippen LogP contribution in [0.15, 0.2) is 54.6 Å². The molecule has 134 valence electrons. The maximum Gasteiger partial charge on any atom is 0.0366 e. The fraction of sp³-hybridized carbons (Fsp3) is 0.417. The molecule has 1 nitrogen and oxygen atoms in total. The first-order chi connectivity index (χ1) is 12.3. The largest absolute Gasteiger partial charge is 0.372 e. The number of anilines is 1. The molecule has 0 saturated heterocycles. The van der Waals surface area contributed by atoms with Crippen LogP contribution < -0.4 is 4.90 Å². The first-order valence-corrected chi connectivity index (χ1v) is 9.91. The highest BCUT2D eigenvalue weighted by molar-refractivity contribution is 5.70. The lowest BCUT2D eigenvalue weighted by molar-refractivity contribution is 0.636. The zero-order valence-corrected chi connectivity index (χ0v) is 16.0. The minimum absolute atomic E-state index is 1.18. The Morgan fingerprint density at radius 2 is 1.16 bits per heavy atom. The molecule has 0 radical (unpaired) electrons. The van der Waals surface area contributed by atoms with Crippen LogP contribution in [0.25, 0.3) is 12.2 Å². The molecule has 0 spiro atoms. The van der Waals surface area contributed by atoms with Gasteiger partial charge < -0.3 is 4.90 Å². The summed E-state index contributed by atoms with van der Waals surface area (Å²) in [6, 6.07) is 19.5. The van der Waals surface area contributed by atoms with Gasteiger partial charge in [0.2, 0.25) is 0 Å². The van der Waals surface area contributed by atoms with Crippen LogP contribution in [-0.2, 0) is 0 Å². The smallest absolute Gasteiger partial charge is 0.0366 e. The SMILES string of the molecule is CCCCCN(CCCCC)c1ccc(/C=C/c2ccccc2)cc1. The Balaban J connectivity index is 1.99. The van der Waals surface area contributed by atoms with Gasteiger partial charge >= 0.3 is 0 Å². The van der Waals surface area contributed by atoms with E-state index in [9.17, 15) is 0 Å². The van der Waals surface area contributed by atoms with Crippen molar-refractivity contribution in [2.24, 2.45) is 0 Å². The van der Waals surface area contributed by atoms with Crippen LogP contribution in [0.5, 0.6) is 0 Å². The highest BCUT2D eigenvalue weighted by Gasteiger charge is 2.05. The number of hydrogen-bond acceptors (Lipinski definition) is 1. The topological polar surface area (TPSA) is 3.24 Å². The molecule has 0 fully saturated rings. The number of benzene rings is 2. The van der Waals surface area contributed by atoms with Gasteiger partial charge in [0.05, 0.1) is 0 Å². The van der Waals surface area contributed by atoms with Crippen LogP contribution in [-0.4, -0.2) is 13.1 Å². The van der Waals surface area contributed by atoms with Gasteiger partial charge in [0.25, 0.3) is 0 Å². The number of hydrogen-bond donors (Lipinski definition) is 0. The Hall–Kier alpha value is -2.02. The molecule has 2 aromatic carbocycles. The van der Waals surface area contributed by atoms with Crippen molar-refractivity contribution in [3.05, 3.63) is 65.7 Å². The minimum Gasteiger partial charge on any atom is -0.372 e. The Morgan fingerprint density at radius 1 is 0.640 bits per heavy atom. The molecular formula is C24H33N. The highest BCUT2D eigenvalue weighted by atomic mass is 15.1. The van der Waals surface area contributed by atoms with Crippen LogP contribution in [0.2, 0.25) is 0 Å². The van der Waals surface area contributed by atoms with Gasteiger partial charge in [-0.25, -0.2) is 0 Å². The third kappa shape index (κ3) is 7.17. The van der Waals surface area contributed by atoms with E-state index in [0.29, 0.717) is 0 Å². The fourth-order valence-corrected chi connectivity index (χ4v) is 3.03. The molecule has 0 N–H and O–H groups in total. The molecule has 1 heteroatoms. The molecule has 0 bridgehead atoms. The summed E-state index contributed by atoms with van der Waals surface area (Å²) in [6.45, 7) is 6.90. The maximum absolute atomic E-state index is 2.57. The second-order valence-electron chi connectivity index (χ2n) is 6.74. The highest BCUT2D eigenvalue weighted by Crippen LogP contribution is 2.19. The Bertz CT molecular complexity index is 588. The van der Waals surface area contributed by atoms with Crippen molar-refractivity contribution >= 4 is 17.8 Å². The third-order valence-corrected chi connectivity index (χ3v) is 4.59. The first kappa shape index (κ1) is 19.3. The summed E-state index contributed by atoms with van der Waals surface area (Å²) >= 11 is 0. The zero-order valence-electron chi connectivity index (χ0n) is 16.0. The van der Waals surface area contributed by atoms with Crippen molar-refractivity contribution in [2.45, 2.75) is 52.4 Å².